The molecule has 0 saturated carbocycles. The Morgan fingerprint density at radius 1 is 1.35 bits per heavy atom. The average Bonchev–Trinajstić information content (AvgIpc) is 3.07. The highest BCUT2D eigenvalue weighted by Gasteiger charge is 2.36. The third-order valence-electron chi connectivity index (χ3n) is 6.00. The van der Waals surface area contributed by atoms with Crippen LogP contribution in [0.5, 0.6) is 0 Å². The van der Waals surface area contributed by atoms with Crippen molar-refractivity contribution in [3.63, 3.8) is 0 Å². The van der Waals surface area contributed by atoms with E-state index in [0.29, 0.717) is 38.4 Å². The van der Waals surface area contributed by atoms with Gasteiger partial charge in [0.05, 0.1) is 5.69 Å². The molecule has 26 heavy (non-hydrogen) atoms. The van der Waals surface area contributed by atoms with Crippen LogP contribution in [0.15, 0.2) is 18.3 Å². The lowest BCUT2D eigenvalue weighted by Crippen LogP contribution is -2.46. The van der Waals surface area contributed by atoms with Gasteiger partial charge in [0.1, 0.15) is 5.60 Å². The van der Waals surface area contributed by atoms with Crippen LogP contribution in [0.4, 0.5) is 0 Å². The van der Waals surface area contributed by atoms with E-state index in [2.05, 4.69) is 28.9 Å². The van der Waals surface area contributed by atoms with Crippen LogP contribution in [-0.2, 0) is 10.4 Å². The molecule has 6 nitrogen and oxygen atoms in total. The van der Waals surface area contributed by atoms with Crippen LogP contribution >= 0.6 is 0 Å². The first-order valence-electron chi connectivity index (χ1n) is 9.69. The lowest BCUT2D eigenvalue weighted by atomic mass is 9.87. The normalized spacial score (nSPS) is 23.6. The minimum Gasteiger partial charge on any atom is -0.383 e. The van der Waals surface area contributed by atoms with Crippen LogP contribution < -0.4 is 0 Å². The van der Waals surface area contributed by atoms with Crippen LogP contribution in [0.2, 0.25) is 0 Å². The smallest absolute Gasteiger partial charge is 0.223 e. The van der Waals surface area contributed by atoms with E-state index in [0.717, 1.165) is 30.9 Å². The first-order chi connectivity index (χ1) is 12.4. The molecule has 2 aliphatic rings. The van der Waals surface area contributed by atoms with Crippen molar-refractivity contribution in [2.24, 2.45) is 0 Å². The molecule has 3 heterocycles. The number of aliphatic hydroxyl groups is 1. The maximum Gasteiger partial charge on any atom is 0.223 e. The molecule has 0 bridgehead atoms. The molecule has 6 heteroatoms. The van der Waals surface area contributed by atoms with E-state index in [4.69, 9.17) is 0 Å². The molecule has 1 amide bonds. The van der Waals surface area contributed by atoms with E-state index in [9.17, 15) is 9.90 Å². The van der Waals surface area contributed by atoms with E-state index in [1.807, 2.05) is 24.0 Å². The molecule has 0 spiro atoms. The van der Waals surface area contributed by atoms with Crippen molar-refractivity contribution in [1.29, 1.82) is 0 Å². The van der Waals surface area contributed by atoms with Crippen molar-refractivity contribution in [3.05, 3.63) is 29.6 Å². The van der Waals surface area contributed by atoms with Crippen molar-refractivity contribution in [2.45, 2.75) is 44.2 Å². The van der Waals surface area contributed by atoms with Gasteiger partial charge < -0.3 is 19.8 Å². The Morgan fingerprint density at radius 2 is 2.08 bits per heavy atom. The summed E-state index contributed by atoms with van der Waals surface area (Å²) in [7, 11) is 4.27. The number of hydrogen-bond donors (Lipinski definition) is 1. The lowest BCUT2D eigenvalue weighted by Gasteiger charge is -2.38. The molecule has 2 saturated heterocycles. The van der Waals surface area contributed by atoms with Gasteiger partial charge in [-0.2, -0.15) is 0 Å². The number of likely N-dealkylation sites (tertiary alicyclic amines) is 2. The second-order valence-corrected chi connectivity index (χ2v) is 8.07. The molecular formula is C20H32N4O2. The molecule has 3 rings (SSSR count). The van der Waals surface area contributed by atoms with E-state index in [1.165, 1.54) is 6.42 Å². The minimum absolute atomic E-state index is 0.196. The van der Waals surface area contributed by atoms with Gasteiger partial charge in [0, 0.05) is 44.8 Å². The number of piperidine rings is 1. The van der Waals surface area contributed by atoms with Gasteiger partial charge in [0.15, 0.2) is 0 Å². The predicted octanol–water partition coefficient (Wildman–Crippen LogP) is 1.23. The van der Waals surface area contributed by atoms with Gasteiger partial charge in [-0.1, -0.05) is 6.07 Å². The summed E-state index contributed by atoms with van der Waals surface area (Å²) in [6, 6.07) is 4.45. The van der Waals surface area contributed by atoms with E-state index in [-0.39, 0.29) is 5.91 Å². The topological polar surface area (TPSA) is 59.9 Å². The summed E-state index contributed by atoms with van der Waals surface area (Å²) < 4.78 is 0. The number of rotatable bonds is 5. The van der Waals surface area contributed by atoms with Gasteiger partial charge in [-0.05, 0) is 58.5 Å². The molecular weight excluding hydrogens is 328 g/mol. The molecule has 2 fully saturated rings. The fraction of sp³-hybridized carbons (Fsp3) is 0.700. The summed E-state index contributed by atoms with van der Waals surface area (Å²) in [5.74, 6) is 0.196. The maximum atomic E-state index is 12.6. The number of hydrogen-bond acceptors (Lipinski definition) is 5. The summed E-state index contributed by atoms with van der Waals surface area (Å²) in [6.07, 6.45) is 4.64. The SMILES string of the molecule is Cc1ccc(C2(O)CCN(C(=O)CCN(C)[C@@H]3CCN(C)C3)CC2)nc1. The first kappa shape index (κ1) is 19.3. The molecule has 0 aliphatic carbocycles. The van der Waals surface area contributed by atoms with Crippen molar-refractivity contribution >= 4 is 5.91 Å². The summed E-state index contributed by atoms with van der Waals surface area (Å²) in [5.41, 5.74) is 0.901. The third kappa shape index (κ3) is 4.42. The number of carbonyl (C=O) groups is 1. The Hall–Kier alpha value is -1.50. The molecule has 1 N–H and O–H groups in total. The highest BCUT2D eigenvalue weighted by molar-refractivity contribution is 5.76. The van der Waals surface area contributed by atoms with Gasteiger partial charge in [0.25, 0.3) is 0 Å². The Bertz CT molecular complexity index is 611. The zero-order valence-corrected chi connectivity index (χ0v) is 16.3. The maximum absolute atomic E-state index is 12.6. The van der Waals surface area contributed by atoms with Crippen molar-refractivity contribution < 1.29 is 9.90 Å². The van der Waals surface area contributed by atoms with E-state index < -0.39 is 5.60 Å². The average molecular weight is 361 g/mol. The van der Waals surface area contributed by atoms with Crippen LogP contribution in [0.3, 0.4) is 0 Å². The summed E-state index contributed by atoms with van der Waals surface area (Å²) in [6.45, 7) is 6.22. The van der Waals surface area contributed by atoms with Gasteiger partial charge in [-0.3, -0.25) is 9.78 Å². The quantitative estimate of drug-likeness (QED) is 0.856. The number of aromatic nitrogens is 1. The van der Waals surface area contributed by atoms with Crippen molar-refractivity contribution in [1.82, 2.24) is 19.7 Å². The van der Waals surface area contributed by atoms with Gasteiger partial charge in [0.2, 0.25) is 5.91 Å². The van der Waals surface area contributed by atoms with Crippen LogP contribution in [0, 0.1) is 6.92 Å². The van der Waals surface area contributed by atoms with Gasteiger partial charge in [-0.25, -0.2) is 0 Å². The number of nitrogens with zero attached hydrogens (tertiary/aromatic N) is 4. The fourth-order valence-corrected chi connectivity index (χ4v) is 4.01. The molecule has 2 aliphatic heterocycles. The van der Waals surface area contributed by atoms with Crippen molar-refractivity contribution in [2.75, 3.05) is 46.8 Å². The number of aryl methyl sites for hydroxylation is 1. The van der Waals surface area contributed by atoms with Crippen LogP contribution in [-0.4, -0.2) is 83.6 Å². The molecule has 144 valence electrons. The second kappa shape index (κ2) is 8.03. The number of carbonyl (C=O) groups excluding carboxylic acids is 1. The highest BCUT2D eigenvalue weighted by atomic mass is 16.3. The standard InChI is InChI=1S/C20H32N4O2/c1-16-4-5-18(21-14-16)20(26)8-12-24(13-9-20)19(25)7-11-23(3)17-6-10-22(2)15-17/h4-5,14,17,26H,6-13,15H2,1-3H3/t17-/m1/s1. The molecule has 0 unspecified atom stereocenters. The Balaban J connectivity index is 1.46. The van der Waals surface area contributed by atoms with Gasteiger partial charge in [-0.15, -0.1) is 0 Å². The Kier molecular flexibility index (Phi) is 5.95. The van der Waals surface area contributed by atoms with Crippen LogP contribution in [0.1, 0.15) is 36.9 Å². The molecule has 1 aromatic heterocycles. The fourth-order valence-electron chi connectivity index (χ4n) is 4.01. The Morgan fingerprint density at radius 3 is 2.65 bits per heavy atom. The lowest BCUT2D eigenvalue weighted by molar-refractivity contribution is -0.136. The molecule has 1 aromatic rings. The predicted molar refractivity (Wildman–Crippen MR) is 102 cm³/mol. The number of likely N-dealkylation sites (N-methyl/N-ethyl adjacent to an activating group) is 2. The third-order valence-corrected chi connectivity index (χ3v) is 6.00. The highest BCUT2D eigenvalue weighted by Crippen LogP contribution is 2.31. The first-order valence-corrected chi connectivity index (χ1v) is 9.69. The summed E-state index contributed by atoms with van der Waals surface area (Å²) in [4.78, 5) is 23.5. The minimum atomic E-state index is -0.907. The summed E-state index contributed by atoms with van der Waals surface area (Å²) >= 11 is 0. The monoisotopic (exact) mass is 360 g/mol. The number of amides is 1. The van der Waals surface area contributed by atoms with Crippen LogP contribution in [0.25, 0.3) is 0 Å². The number of pyridine rings is 1. The Labute approximate surface area is 156 Å². The van der Waals surface area contributed by atoms with E-state index in [1.54, 1.807) is 6.20 Å². The molecule has 0 radical (unpaired) electrons. The zero-order valence-electron chi connectivity index (χ0n) is 16.3. The summed E-state index contributed by atoms with van der Waals surface area (Å²) in [5, 5.41) is 10.9. The van der Waals surface area contributed by atoms with Gasteiger partial charge >= 0.3 is 0 Å². The molecule has 1 atom stereocenters. The zero-order chi connectivity index (χ0) is 18.7. The van der Waals surface area contributed by atoms with E-state index >= 15 is 0 Å². The second-order valence-electron chi connectivity index (χ2n) is 8.07. The molecule has 0 aromatic carbocycles. The van der Waals surface area contributed by atoms with Crippen molar-refractivity contribution in [3.8, 4) is 0 Å². The largest absolute Gasteiger partial charge is 0.383 e.